The highest BCUT2D eigenvalue weighted by molar-refractivity contribution is 7.52. The van der Waals surface area contributed by atoms with Gasteiger partial charge in [-0.25, -0.2) is 10.2 Å². The number of nitrogens with zero attached hydrogens (tertiary/aromatic N) is 1. The van der Waals surface area contributed by atoms with E-state index >= 15 is 0 Å². The highest BCUT2D eigenvalue weighted by Crippen LogP contribution is 2.36. The molecule has 0 aromatic carbocycles. The van der Waals surface area contributed by atoms with E-state index in [1.54, 1.807) is 6.92 Å². The SMILES string of the molecule is CCN(C(C)C)P(N)(=O)O. The van der Waals surface area contributed by atoms with Gasteiger partial charge in [0.05, 0.1) is 0 Å². The molecule has 5 heteroatoms. The van der Waals surface area contributed by atoms with Crippen molar-refractivity contribution in [1.82, 2.24) is 4.67 Å². The zero-order valence-electron chi connectivity index (χ0n) is 6.61. The van der Waals surface area contributed by atoms with Crippen molar-refractivity contribution in [2.45, 2.75) is 26.8 Å². The summed E-state index contributed by atoms with van der Waals surface area (Å²) in [6, 6.07) is 0.0193. The van der Waals surface area contributed by atoms with E-state index in [9.17, 15) is 4.57 Å². The maximum Gasteiger partial charge on any atom is 0.338 e. The predicted molar refractivity (Wildman–Crippen MR) is 41.5 cm³/mol. The third-order valence-electron chi connectivity index (χ3n) is 1.29. The summed E-state index contributed by atoms with van der Waals surface area (Å²) in [5.74, 6) is 0. The minimum absolute atomic E-state index is 0.0193. The normalized spacial score (nSPS) is 17.9. The summed E-state index contributed by atoms with van der Waals surface area (Å²) in [5, 5.41) is 0. The lowest BCUT2D eigenvalue weighted by Crippen LogP contribution is -2.30. The molecule has 1 unspecified atom stereocenters. The number of hydrogen-bond acceptors (Lipinski definition) is 1. The lowest BCUT2D eigenvalue weighted by Gasteiger charge is -2.25. The first-order chi connectivity index (χ1) is 4.39. The van der Waals surface area contributed by atoms with Gasteiger partial charge in [-0.05, 0) is 13.8 Å². The van der Waals surface area contributed by atoms with Crippen molar-refractivity contribution in [3.05, 3.63) is 0 Å². The van der Waals surface area contributed by atoms with Crippen molar-refractivity contribution >= 4 is 7.67 Å². The summed E-state index contributed by atoms with van der Waals surface area (Å²) in [7, 11) is -3.50. The minimum atomic E-state index is -3.50. The van der Waals surface area contributed by atoms with Crippen LogP contribution in [0.3, 0.4) is 0 Å². The van der Waals surface area contributed by atoms with Crippen molar-refractivity contribution in [3.63, 3.8) is 0 Å². The summed E-state index contributed by atoms with van der Waals surface area (Å²) < 4.78 is 12.2. The second-order valence-corrected chi connectivity index (χ2v) is 4.13. The molecule has 0 saturated carbocycles. The molecule has 4 nitrogen and oxygen atoms in total. The van der Waals surface area contributed by atoms with Crippen molar-refractivity contribution in [2.75, 3.05) is 6.54 Å². The smallest absolute Gasteiger partial charge is 0.322 e. The zero-order valence-corrected chi connectivity index (χ0v) is 7.51. The first-order valence-corrected chi connectivity index (χ1v) is 4.96. The number of nitrogens with two attached hydrogens (primary N) is 1. The molecule has 1 atom stereocenters. The molecule has 0 saturated heterocycles. The van der Waals surface area contributed by atoms with Gasteiger partial charge in [0, 0.05) is 12.6 Å². The Balaban J connectivity index is 4.22. The van der Waals surface area contributed by atoms with Gasteiger partial charge in [-0.1, -0.05) is 6.92 Å². The van der Waals surface area contributed by atoms with E-state index in [2.05, 4.69) is 0 Å². The van der Waals surface area contributed by atoms with Crippen molar-refractivity contribution in [3.8, 4) is 0 Å². The van der Waals surface area contributed by atoms with Crippen LogP contribution in [0.5, 0.6) is 0 Å². The topological polar surface area (TPSA) is 66.6 Å². The van der Waals surface area contributed by atoms with E-state index in [-0.39, 0.29) is 6.04 Å². The van der Waals surface area contributed by atoms with Gasteiger partial charge in [-0.3, -0.25) is 4.57 Å². The number of rotatable bonds is 3. The Morgan fingerprint density at radius 1 is 1.70 bits per heavy atom. The molecule has 62 valence electrons. The number of hydrogen-bond donors (Lipinski definition) is 2. The fraction of sp³-hybridized carbons (Fsp3) is 1.00. The van der Waals surface area contributed by atoms with Crippen LogP contribution in [0.15, 0.2) is 0 Å². The average Bonchev–Trinajstić information content (AvgIpc) is 1.60. The summed E-state index contributed by atoms with van der Waals surface area (Å²) in [5.41, 5.74) is 5.03. The van der Waals surface area contributed by atoms with E-state index < -0.39 is 7.67 Å². The molecule has 10 heavy (non-hydrogen) atoms. The molecule has 0 bridgehead atoms. The van der Waals surface area contributed by atoms with E-state index in [4.69, 9.17) is 10.4 Å². The fourth-order valence-electron chi connectivity index (χ4n) is 0.899. The summed E-state index contributed by atoms with van der Waals surface area (Å²) in [6.07, 6.45) is 0. The Labute approximate surface area is 61.6 Å². The zero-order chi connectivity index (χ0) is 8.36. The van der Waals surface area contributed by atoms with Crippen LogP contribution in [0.1, 0.15) is 20.8 Å². The third-order valence-corrected chi connectivity index (χ3v) is 2.77. The van der Waals surface area contributed by atoms with E-state index in [1.807, 2.05) is 13.8 Å². The Hall–Kier alpha value is 0.110. The molecule has 0 fully saturated rings. The standard InChI is InChI=1S/C5H15N2O2P/c1-4-7(5(2)3)10(6,8)9/h5H,4H2,1-3H3,(H3,6,8,9). The van der Waals surface area contributed by atoms with E-state index in [0.717, 1.165) is 0 Å². The lowest BCUT2D eigenvalue weighted by molar-refractivity contribution is 0.315. The van der Waals surface area contributed by atoms with Crippen LogP contribution in [0, 0.1) is 0 Å². The lowest BCUT2D eigenvalue weighted by atomic mass is 10.4. The maximum absolute atomic E-state index is 10.8. The fourth-order valence-corrected chi connectivity index (χ4v) is 1.97. The quantitative estimate of drug-likeness (QED) is 0.608. The van der Waals surface area contributed by atoms with Crippen LogP contribution in [-0.2, 0) is 4.57 Å². The molecule has 0 rings (SSSR count). The second kappa shape index (κ2) is 3.49. The highest BCUT2D eigenvalue weighted by atomic mass is 31.2. The largest absolute Gasteiger partial charge is 0.338 e. The highest BCUT2D eigenvalue weighted by Gasteiger charge is 2.23. The van der Waals surface area contributed by atoms with Gasteiger partial charge in [0.15, 0.2) is 0 Å². The molecule has 0 heterocycles. The van der Waals surface area contributed by atoms with Crippen molar-refractivity contribution in [2.24, 2.45) is 5.50 Å². The molecule has 0 amide bonds. The van der Waals surface area contributed by atoms with Gasteiger partial charge < -0.3 is 4.89 Å². The first kappa shape index (κ1) is 10.1. The second-order valence-electron chi connectivity index (χ2n) is 2.44. The van der Waals surface area contributed by atoms with Gasteiger partial charge in [-0.15, -0.1) is 0 Å². The van der Waals surface area contributed by atoms with E-state index in [0.29, 0.717) is 6.54 Å². The summed E-state index contributed by atoms with van der Waals surface area (Å²) in [6.45, 7) is 5.97. The predicted octanol–water partition coefficient (Wildman–Crippen LogP) is 0.776. The van der Waals surface area contributed by atoms with Crippen LogP contribution in [0.25, 0.3) is 0 Å². The van der Waals surface area contributed by atoms with Gasteiger partial charge in [0.1, 0.15) is 0 Å². The summed E-state index contributed by atoms with van der Waals surface area (Å²) in [4.78, 5) is 8.91. The molecular formula is C5H15N2O2P. The van der Waals surface area contributed by atoms with Gasteiger partial charge >= 0.3 is 7.67 Å². The monoisotopic (exact) mass is 166 g/mol. The molecule has 0 radical (unpaired) electrons. The van der Waals surface area contributed by atoms with E-state index in [1.165, 1.54) is 4.67 Å². The van der Waals surface area contributed by atoms with Gasteiger partial charge in [0.2, 0.25) is 0 Å². The van der Waals surface area contributed by atoms with Crippen molar-refractivity contribution < 1.29 is 9.46 Å². The molecule has 0 aliphatic carbocycles. The molecular weight excluding hydrogens is 151 g/mol. The van der Waals surface area contributed by atoms with Crippen molar-refractivity contribution in [1.29, 1.82) is 0 Å². The molecule has 0 aliphatic rings. The molecule has 0 aromatic heterocycles. The van der Waals surface area contributed by atoms with Crippen LogP contribution in [-0.4, -0.2) is 22.2 Å². The molecule has 0 aromatic rings. The van der Waals surface area contributed by atoms with Crippen LogP contribution in [0.4, 0.5) is 0 Å². The van der Waals surface area contributed by atoms with Gasteiger partial charge in [-0.2, -0.15) is 0 Å². The van der Waals surface area contributed by atoms with Crippen LogP contribution >= 0.6 is 7.67 Å². The first-order valence-electron chi connectivity index (χ1n) is 3.28. The molecule has 0 aliphatic heterocycles. The Kier molecular flexibility index (Phi) is 3.52. The van der Waals surface area contributed by atoms with Crippen LogP contribution < -0.4 is 5.50 Å². The molecule has 3 N–H and O–H groups in total. The molecule has 0 spiro atoms. The Morgan fingerprint density at radius 3 is 2.10 bits per heavy atom. The summed E-state index contributed by atoms with van der Waals surface area (Å²) >= 11 is 0. The Morgan fingerprint density at radius 2 is 2.10 bits per heavy atom. The van der Waals surface area contributed by atoms with Crippen LogP contribution in [0.2, 0.25) is 0 Å². The minimum Gasteiger partial charge on any atom is -0.322 e. The third kappa shape index (κ3) is 2.80. The maximum atomic E-state index is 10.8. The van der Waals surface area contributed by atoms with Gasteiger partial charge in [0.25, 0.3) is 0 Å². The Bertz CT molecular complexity index is 143. The average molecular weight is 166 g/mol.